The molecular formula is C11H15NO4S. The van der Waals surface area contributed by atoms with Crippen LogP contribution in [0.3, 0.4) is 0 Å². The molecule has 1 amide bonds. The predicted octanol–water partition coefficient (Wildman–Crippen LogP) is 2.88. The van der Waals surface area contributed by atoms with E-state index in [2.05, 4.69) is 10.1 Å². The number of ether oxygens (including phenoxy) is 2. The van der Waals surface area contributed by atoms with Gasteiger partial charge in [-0.3, -0.25) is 5.32 Å². The van der Waals surface area contributed by atoms with Crippen molar-refractivity contribution in [1.82, 2.24) is 0 Å². The van der Waals surface area contributed by atoms with Crippen molar-refractivity contribution in [1.29, 1.82) is 0 Å². The summed E-state index contributed by atoms with van der Waals surface area (Å²) in [5.74, 6) is -0.489. The second-order valence-corrected chi connectivity index (χ2v) is 5.20. The van der Waals surface area contributed by atoms with Crippen molar-refractivity contribution >= 4 is 28.4 Å². The maximum Gasteiger partial charge on any atom is 0.412 e. The van der Waals surface area contributed by atoms with Gasteiger partial charge in [0.2, 0.25) is 0 Å². The van der Waals surface area contributed by atoms with E-state index in [9.17, 15) is 9.59 Å². The van der Waals surface area contributed by atoms with E-state index >= 15 is 0 Å². The highest BCUT2D eigenvalue weighted by Gasteiger charge is 2.19. The molecule has 0 saturated carbocycles. The summed E-state index contributed by atoms with van der Waals surface area (Å²) < 4.78 is 9.68. The first-order valence-electron chi connectivity index (χ1n) is 4.99. The lowest BCUT2D eigenvalue weighted by Crippen LogP contribution is -2.27. The van der Waals surface area contributed by atoms with Crippen LogP contribution in [0.2, 0.25) is 0 Å². The second kappa shape index (κ2) is 5.18. The molecule has 1 aromatic rings. The number of amides is 1. The van der Waals surface area contributed by atoms with Crippen LogP contribution in [0.5, 0.6) is 0 Å². The van der Waals surface area contributed by atoms with E-state index in [-0.39, 0.29) is 0 Å². The Balaban J connectivity index is 2.72. The molecule has 6 heteroatoms. The molecule has 0 atom stereocenters. The average Bonchev–Trinajstić information content (AvgIpc) is 2.61. The molecule has 0 unspecified atom stereocenters. The molecule has 0 saturated heterocycles. The summed E-state index contributed by atoms with van der Waals surface area (Å²) in [6.45, 7) is 5.30. The van der Waals surface area contributed by atoms with Crippen LogP contribution in [-0.2, 0) is 9.47 Å². The van der Waals surface area contributed by atoms with Crippen LogP contribution in [-0.4, -0.2) is 24.8 Å². The van der Waals surface area contributed by atoms with Crippen molar-refractivity contribution in [2.24, 2.45) is 0 Å². The van der Waals surface area contributed by atoms with Crippen molar-refractivity contribution < 1.29 is 19.1 Å². The molecule has 17 heavy (non-hydrogen) atoms. The molecule has 0 aliphatic carbocycles. The highest BCUT2D eigenvalue weighted by Crippen LogP contribution is 2.24. The lowest BCUT2D eigenvalue weighted by molar-refractivity contribution is 0.0602. The third-order valence-electron chi connectivity index (χ3n) is 1.69. The molecule has 5 nitrogen and oxygen atoms in total. The van der Waals surface area contributed by atoms with Crippen LogP contribution < -0.4 is 5.32 Å². The van der Waals surface area contributed by atoms with Gasteiger partial charge in [0.05, 0.1) is 12.7 Å². The standard InChI is InChI=1S/C11H15NO4S/c1-11(2,3)16-10(14)12-8-7(5-6-17-8)9(13)15-4/h5-6H,1-4H3,(H,12,14). The molecule has 0 aliphatic rings. The first kappa shape index (κ1) is 13.5. The Hall–Kier alpha value is -1.56. The van der Waals surface area contributed by atoms with Gasteiger partial charge in [-0.25, -0.2) is 9.59 Å². The molecule has 1 aromatic heterocycles. The number of hydrogen-bond acceptors (Lipinski definition) is 5. The molecule has 0 bridgehead atoms. The summed E-state index contributed by atoms with van der Waals surface area (Å²) in [5, 5.41) is 4.63. The molecular weight excluding hydrogens is 242 g/mol. The first-order chi connectivity index (χ1) is 7.83. The minimum absolute atomic E-state index is 0.323. The van der Waals surface area contributed by atoms with Crippen molar-refractivity contribution in [3.8, 4) is 0 Å². The number of hydrogen-bond donors (Lipinski definition) is 1. The van der Waals surface area contributed by atoms with Crippen molar-refractivity contribution in [3.63, 3.8) is 0 Å². The van der Waals surface area contributed by atoms with E-state index in [1.54, 1.807) is 32.2 Å². The fourth-order valence-corrected chi connectivity index (χ4v) is 1.83. The summed E-state index contributed by atoms with van der Waals surface area (Å²) in [6.07, 6.45) is -0.592. The normalized spacial score (nSPS) is 10.8. The lowest BCUT2D eigenvalue weighted by atomic mass is 10.2. The summed E-state index contributed by atoms with van der Waals surface area (Å²) in [7, 11) is 1.29. The summed E-state index contributed by atoms with van der Waals surface area (Å²) >= 11 is 1.23. The van der Waals surface area contributed by atoms with Crippen LogP contribution in [0.15, 0.2) is 11.4 Å². The predicted molar refractivity (Wildman–Crippen MR) is 65.5 cm³/mol. The summed E-state index contributed by atoms with van der Waals surface area (Å²) in [4.78, 5) is 22.9. The van der Waals surface area contributed by atoms with Gasteiger partial charge in [-0.2, -0.15) is 0 Å². The van der Waals surface area contributed by atoms with Gasteiger partial charge < -0.3 is 9.47 Å². The van der Waals surface area contributed by atoms with Gasteiger partial charge in [-0.1, -0.05) is 0 Å². The van der Waals surface area contributed by atoms with Crippen LogP contribution >= 0.6 is 11.3 Å². The number of carbonyl (C=O) groups is 2. The number of carbonyl (C=O) groups excluding carboxylic acids is 2. The Kier molecular flexibility index (Phi) is 4.11. The van der Waals surface area contributed by atoms with Crippen LogP contribution in [0.4, 0.5) is 9.80 Å². The zero-order chi connectivity index (χ0) is 13.1. The topological polar surface area (TPSA) is 64.6 Å². The van der Waals surface area contributed by atoms with Gasteiger partial charge in [-0.05, 0) is 32.2 Å². The number of rotatable bonds is 2. The molecule has 1 N–H and O–H groups in total. The first-order valence-corrected chi connectivity index (χ1v) is 5.87. The van der Waals surface area contributed by atoms with Crippen molar-refractivity contribution in [2.45, 2.75) is 26.4 Å². The van der Waals surface area contributed by atoms with E-state index in [0.29, 0.717) is 10.6 Å². The van der Waals surface area contributed by atoms with Gasteiger partial charge in [0, 0.05) is 0 Å². The van der Waals surface area contributed by atoms with Crippen LogP contribution in [0, 0.1) is 0 Å². The Morgan fingerprint density at radius 2 is 2.00 bits per heavy atom. The van der Waals surface area contributed by atoms with E-state index in [1.165, 1.54) is 18.4 Å². The number of anilines is 1. The van der Waals surface area contributed by atoms with E-state index in [0.717, 1.165) is 0 Å². The average molecular weight is 257 g/mol. The maximum absolute atomic E-state index is 11.5. The summed E-state index contributed by atoms with van der Waals surface area (Å²) in [6, 6.07) is 1.59. The highest BCUT2D eigenvalue weighted by atomic mass is 32.1. The molecule has 0 spiro atoms. The lowest BCUT2D eigenvalue weighted by Gasteiger charge is -2.19. The second-order valence-electron chi connectivity index (χ2n) is 4.28. The third-order valence-corrected chi connectivity index (χ3v) is 2.51. The monoisotopic (exact) mass is 257 g/mol. The Labute approximate surface area is 104 Å². The zero-order valence-electron chi connectivity index (χ0n) is 10.2. The molecule has 1 heterocycles. The third kappa shape index (κ3) is 4.07. The van der Waals surface area contributed by atoms with E-state index in [1.807, 2.05) is 0 Å². The zero-order valence-corrected chi connectivity index (χ0v) is 11.0. The van der Waals surface area contributed by atoms with Gasteiger partial charge in [0.25, 0.3) is 0 Å². The molecule has 0 radical (unpaired) electrons. The molecule has 0 fully saturated rings. The van der Waals surface area contributed by atoms with Crippen LogP contribution in [0.25, 0.3) is 0 Å². The minimum Gasteiger partial charge on any atom is -0.465 e. The number of nitrogens with one attached hydrogen (secondary N) is 1. The van der Waals surface area contributed by atoms with Crippen molar-refractivity contribution in [3.05, 3.63) is 17.0 Å². The maximum atomic E-state index is 11.5. The van der Waals surface area contributed by atoms with Gasteiger partial charge in [0.15, 0.2) is 0 Å². The SMILES string of the molecule is COC(=O)c1ccsc1NC(=O)OC(C)(C)C. The van der Waals surface area contributed by atoms with Gasteiger partial charge >= 0.3 is 12.1 Å². The van der Waals surface area contributed by atoms with Gasteiger partial charge in [-0.15, -0.1) is 11.3 Å². The fraction of sp³-hybridized carbons (Fsp3) is 0.455. The van der Waals surface area contributed by atoms with Crippen molar-refractivity contribution in [2.75, 3.05) is 12.4 Å². The van der Waals surface area contributed by atoms with E-state index in [4.69, 9.17) is 4.74 Å². The van der Waals surface area contributed by atoms with Crippen LogP contribution in [0.1, 0.15) is 31.1 Å². The number of methoxy groups -OCH3 is 1. The molecule has 94 valence electrons. The smallest absolute Gasteiger partial charge is 0.412 e. The summed E-state index contributed by atoms with van der Waals surface area (Å²) in [5.41, 5.74) is -0.254. The highest BCUT2D eigenvalue weighted by molar-refractivity contribution is 7.14. The van der Waals surface area contributed by atoms with Gasteiger partial charge in [0.1, 0.15) is 10.6 Å². The number of thiophene rings is 1. The fourth-order valence-electron chi connectivity index (χ4n) is 1.07. The quantitative estimate of drug-likeness (QED) is 0.827. The minimum atomic E-state index is -0.592. The Bertz CT molecular complexity index is 419. The Morgan fingerprint density at radius 1 is 1.35 bits per heavy atom. The molecule has 0 aliphatic heterocycles. The Morgan fingerprint density at radius 3 is 2.53 bits per heavy atom. The number of esters is 1. The van der Waals surface area contributed by atoms with E-state index < -0.39 is 17.7 Å². The molecule has 0 aromatic carbocycles. The largest absolute Gasteiger partial charge is 0.465 e. The molecule has 1 rings (SSSR count).